The van der Waals surface area contributed by atoms with Crippen molar-refractivity contribution < 1.29 is 9.53 Å². The summed E-state index contributed by atoms with van der Waals surface area (Å²) in [5, 5.41) is 2.69. The molecule has 0 fully saturated rings. The molecule has 1 atom stereocenters. The van der Waals surface area contributed by atoms with E-state index in [0.29, 0.717) is 23.8 Å². The second kappa shape index (κ2) is 6.86. The minimum Gasteiger partial charge on any atom is -0.494 e. The van der Waals surface area contributed by atoms with Crippen molar-refractivity contribution in [3.63, 3.8) is 0 Å². The first kappa shape index (κ1) is 16.2. The molecule has 2 aromatic rings. The molecule has 1 aromatic heterocycles. The highest BCUT2D eigenvalue weighted by Crippen LogP contribution is 2.34. The molecule has 1 aliphatic heterocycles. The van der Waals surface area contributed by atoms with Crippen LogP contribution in [0.1, 0.15) is 49.1 Å². The Labute approximate surface area is 140 Å². The Morgan fingerprint density at radius 3 is 2.71 bits per heavy atom. The molecule has 1 amide bonds. The molecule has 2 N–H and O–H groups in total. The second-order valence-corrected chi connectivity index (χ2v) is 5.99. The van der Waals surface area contributed by atoms with Crippen LogP contribution in [0.2, 0.25) is 0 Å². The summed E-state index contributed by atoms with van der Waals surface area (Å²) in [6, 6.07) is 7.58. The fraction of sp³-hybridized carbons (Fsp3) is 0.389. The lowest BCUT2D eigenvalue weighted by Crippen LogP contribution is -2.31. The van der Waals surface area contributed by atoms with Crippen LogP contribution in [0.15, 0.2) is 29.1 Å². The zero-order valence-electron chi connectivity index (χ0n) is 13.9. The molecule has 1 aromatic carbocycles. The van der Waals surface area contributed by atoms with Gasteiger partial charge < -0.3 is 15.0 Å². The van der Waals surface area contributed by atoms with E-state index in [4.69, 9.17) is 4.74 Å². The highest BCUT2D eigenvalue weighted by molar-refractivity contribution is 5.94. The Morgan fingerprint density at radius 2 is 2.00 bits per heavy atom. The molecule has 126 valence electrons. The number of anilines is 1. The maximum absolute atomic E-state index is 12.3. The Kier molecular flexibility index (Phi) is 4.64. The van der Waals surface area contributed by atoms with Crippen molar-refractivity contribution in [3.8, 4) is 5.75 Å². The van der Waals surface area contributed by atoms with Gasteiger partial charge in [0.2, 0.25) is 5.91 Å². The third-order valence-electron chi connectivity index (χ3n) is 4.12. The number of unbranched alkanes of at least 4 members (excludes halogenated alkanes) is 1. The molecule has 24 heavy (non-hydrogen) atoms. The van der Waals surface area contributed by atoms with Crippen LogP contribution in [0, 0.1) is 6.92 Å². The van der Waals surface area contributed by atoms with Crippen molar-refractivity contribution >= 4 is 11.7 Å². The summed E-state index contributed by atoms with van der Waals surface area (Å²) in [4.78, 5) is 31.3. The Bertz CT molecular complexity index is 796. The first-order valence-corrected chi connectivity index (χ1v) is 8.22. The number of fused-ring (bicyclic) bond motifs is 1. The number of benzene rings is 1. The molecule has 6 heteroatoms. The van der Waals surface area contributed by atoms with E-state index in [0.717, 1.165) is 24.2 Å². The summed E-state index contributed by atoms with van der Waals surface area (Å²) in [6.45, 7) is 4.50. The molecule has 1 aliphatic rings. The van der Waals surface area contributed by atoms with Crippen LogP contribution in [0.4, 0.5) is 5.82 Å². The number of aromatic nitrogens is 2. The van der Waals surface area contributed by atoms with Gasteiger partial charge in [-0.2, -0.15) is 0 Å². The van der Waals surface area contributed by atoms with Gasteiger partial charge in [-0.15, -0.1) is 0 Å². The number of aromatic amines is 1. The number of ether oxygens (including phenoxy) is 1. The monoisotopic (exact) mass is 327 g/mol. The van der Waals surface area contributed by atoms with Crippen LogP contribution in [-0.4, -0.2) is 22.5 Å². The van der Waals surface area contributed by atoms with Gasteiger partial charge in [0.25, 0.3) is 5.56 Å². The van der Waals surface area contributed by atoms with Gasteiger partial charge in [0.1, 0.15) is 17.4 Å². The summed E-state index contributed by atoms with van der Waals surface area (Å²) >= 11 is 0. The quantitative estimate of drug-likeness (QED) is 0.827. The Balaban J connectivity index is 1.90. The van der Waals surface area contributed by atoms with Crippen molar-refractivity contribution in [1.29, 1.82) is 0 Å². The van der Waals surface area contributed by atoms with Crippen LogP contribution in [0.5, 0.6) is 5.75 Å². The number of nitrogens with zero attached hydrogens (tertiary/aromatic N) is 1. The minimum absolute atomic E-state index is 0.131. The zero-order chi connectivity index (χ0) is 17.1. The van der Waals surface area contributed by atoms with Gasteiger partial charge in [-0.25, -0.2) is 4.98 Å². The van der Waals surface area contributed by atoms with Gasteiger partial charge in [0, 0.05) is 12.3 Å². The summed E-state index contributed by atoms with van der Waals surface area (Å²) in [7, 11) is 0. The standard InChI is InChI=1S/C18H21N3O3/c1-3-4-9-24-13-7-5-12(6-8-13)14-10-15(22)21-17-16(14)18(23)20-11(2)19-17/h5-8,14H,3-4,9-10H2,1-2H3,(H2,19,20,21,22,23)/t14-/m0/s1. The van der Waals surface area contributed by atoms with E-state index in [1.807, 2.05) is 24.3 Å². The normalized spacial score (nSPS) is 16.4. The number of amides is 1. The summed E-state index contributed by atoms with van der Waals surface area (Å²) in [5.74, 6) is 1.22. The summed E-state index contributed by atoms with van der Waals surface area (Å²) in [5.41, 5.74) is 1.22. The van der Waals surface area contributed by atoms with Crippen LogP contribution in [-0.2, 0) is 4.79 Å². The number of nitrogens with one attached hydrogen (secondary N) is 2. The van der Waals surface area contributed by atoms with Crippen LogP contribution in [0.3, 0.4) is 0 Å². The van der Waals surface area contributed by atoms with Crippen LogP contribution < -0.4 is 15.6 Å². The third-order valence-corrected chi connectivity index (χ3v) is 4.12. The Hall–Kier alpha value is -2.63. The van der Waals surface area contributed by atoms with Gasteiger partial charge in [-0.05, 0) is 31.0 Å². The molecule has 3 rings (SSSR count). The number of carbonyl (C=O) groups is 1. The van der Waals surface area contributed by atoms with Crippen molar-refractivity contribution in [1.82, 2.24) is 9.97 Å². The third kappa shape index (κ3) is 3.32. The van der Waals surface area contributed by atoms with E-state index in [1.54, 1.807) is 6.92 Å². The minimum atomic E-state index is -0.296. The van der Waals surface area contributed by atoms with E-state index >= 15 is 0 Å². The molecule has 0 saturated carbocycles. The van der Waals surface area contributed by atoms with Gasteiger partial charge in [0.05, 0.1) is 12.2 Å². The van der Waals surface area contributed by atoms with E-state index in [2.05, 4.69) is 22.2 Å². The molecule has 0 spiro atoms. The van der Waals surface area contributed by atoms with Crippen molar-refractivity contribution in [2.45, 2.75) is 39.0 Å². The molecular weight excluding hydrogens is 306 g/mol. The zero-order valence-corrected chi connectivity index (χ0v) is 13.9. The van der Waals surface area contributed by atoms with Gasteiger partial charge in [0.15, 0.2) is 0 Å². The lowest BCUT2D eigenvalue weighted by molar-refractivity contribution is -0.116. The van der Waals surface area contributed by atoms with E-state index in [-0.39, 0.29) is 23.8 Å². The summed E-state index contributed by atoms with van der Waals surface area (Å²) in [6.07, 6.45) is 2.33. The second-order valence-electron chi connectivity index (χ2n) is 5.99. The van der Waals surface area contributed by atoms with E-state index in [9.17, 15) is 9.59 Å². The van der Waals surface area contributed by atoms with Crippen LogP contribution >= 0.6 is 0 Å². The molecule has 0 unspecified atom stereocenters. The lowest BCUT2D eigenvalue weighted by atomic mass is 9.87. The topological polar surface area (TPSA) is 84.1 Å². The predicted octanol–water partition coefficient (Wildman–Crippen LogP) is 2.73. The number of carbonyl (C=O) groups excluding carboxylic acids is 1. The number of aryl methyl sites for hydroxylation is 1. The maximum Gasteiger partial charge on any atom is 0.256 e. The first-order valence-electron chi connectivity index (χ1n) is 8.22. The first-order chi connectivity index (χ1) is 11.6. The average Bonchev–Trinajstić information content (AvgIpc) is 2.54. The smallest absolute Gasteiger partial charge is 0.256 e. The number of hydrogen-bond donors (Lipinski definition) is 2. The van der Waals surface area contributed by atoms with Gasteiger partial charge in [-0.1, -0.05) is 25.5 Å². The Morgan fingerprint density at radius 1 is 1.25 bits per heavy atom. The van der Waals surface area contributed by atoms with Crippen molar-refractivity contribution in [3.05, 3.63) is 51.6 Å². The number of rotatable bonds is 5. The molecule has 2 heterocycles. The molecule has 0 saturated heterocycles. The molecule has 0 bridgehead atoms. The fourth-order valence-corrected chi connectivity index (χ4v) is 2.90. The fourth-order valence-electron chi connectivity index (χ4n) is 2.90. The summed E-state index contributed by atoms with van der Waals surface area (Å²) < 4.78 is 5.66. The lowest BCUT2D eigenvalue weighted by Gasteiger charge is -2.24. The van der Waals surface area contributed by atoms with Crippen LogP contribution in [0.25, 0.3) is 0 Å². The van der Waals surface area contributed by atoms with Crippen molar-refractivity contribution in [2.75, 3.05) is 11.9 Å². The van der Waals surface area contributed by atoms with E-state index < -0.39 is 0 Å². The van der Waals surface area contributed by atoms with Gasteiger partial charge in [-0.3, -0.25) is 9.59 Å². The predicted molar refractivity (Wildman–Crippen MR) is 91.5 cm³/mol. The molecular formula is C18H21N3O3. The maximum atomic E-state index is 12.3. The van der Waals surface area contributed by atoms with Crippen molar-refractivity contribution in [2.24, 2.45) is 0 Å². The largest absolute Gasteiger partial charge is 0.494 e. The molecule has 0 aliphatic carbocycles. The molecule has 0 radical (unpaired) electrons. The highest BCUT2D eigenvalue weighted by Gasteiger charge is 2.30. The highest BCUT2D eigenvalue weighted by atomic mass is 16.5. The number of H-pyrrole nitrogens is 1. The average molecular weight is 327 g/mol. The van der Waals surface area contributed by atoms with E-state index in [1.165, 1.54) is 0 Å². The molecule has 6 nitrogen and oxygen atoms in total. The number of hydrogen-bond acceptors (Lipinski definition) is 4. The SMILES string of the molecule is CCCCOc1ccc([C@@H]2CC(=O)Nc3nc(C)[nH]c(=O)c32)cc1. The van der Waals surface area contributed by atoms with Gasteiger partial charge >= 0.3 is 0 Å².